The molecule has 2 rings (SSSR count). The Morgan fingerprint density at radius 3 is 3.00 bits per heavy atom. The van der Waals surface area contributed by atoms with E-state index in [0.717, 1.165) is 16.6 Å². The van der Waals surface area contributed by atoms with Crippen LogP contribution in [0.1, 0.15) is 24.9 Å². The van der Waals surface area contributed by atoms with Crippen LogP contribution in [-0.2, 0) is 11.8 Å². The predicted molar refractivity (Wildman–Crippen MR) is 62.9 cm³/mol. The third-order valence-electron chi connectivity index (χ3n) is 2.69. The van der Waals surface area contributed by atoms with E-state index in [2.05, 4.69) is 4.98 Å². The molecule has 2 aromatic rings. The van der Waals surface area contributed by atoms with E-state index < -0.39 is 0 Å². The Bertz CT molecular complexity index is 530. The van der Waals surface area contributed by atoms with Gasteiger partial charge >= 0.3 is 0 Å². The molecular weight excluding hydrogens is 202 g/mol. The molecule has 0 fully saturated rings. The van der Waals surface area contributed by atoms with Crippen LogP contribution in [0.15, 0.2) is 24.5 Å². The number of Topliss-reactive ketones (excluding diaryl/α,β-unsaturated/α-hetero) is 1. The van der Waals surface area contributed by atoms with E-state index in [1.54, 1.807) is 13.3 Å². The van der Waals surface area contributed by atoms with Gasteiger partial charge in [0.15, 0.2) is 0 Å². The Hall–Kier alpha value is -1.68. The van der Waals surface area contributed by atoms with Crippen LogP contribution in [0, 0.1) is 0 Å². The lowest BCUT2D eigenvalue weighted by Crippen LogP contribution is -2.13. The van der Waals surface area contributed by atoms with Crippen LogP contribution < -0.4 is 5.73 Å². The van der Waals surface area contributed by atoms with Gasteiger partial charge in [0.25, 0.3) is 0 Å². The van der Waals surface area contributed by atoms with Crippen LogP contribution in [0.5, 0.6) is 0 Å². The van der Waals surface area contributed by atoms with Gasteiger partial charge in [0.2, 0.25) is 0 Å². The van der Waals surface area contributed by atoms with E-state index in [1.807, 2.05) is 29.8 Å². The smallest absolute Gasteiger partial charge is 0.131 e. The summed E-state index contributed by atoms with van der Waals surface area (Å²) in [5.74, 6) is 0.105. The lowest BCUT2D eigenvalue weighted by Gasteiger charge is -2.09. The van der Waals surface area contributed by atoms with Crippen molar-refractivity contribution in [3.8, 4) is 0 Å². The summed E-state index contributed by atoms with van der Waals surface area (Å²) in [6.45, 7) is 1.55. The minimum Gasteiger partial charge on any atom is -0.334 e. The maximum atomic E-state index is 11.0. The summed E-state index contributed by atoms with van der Waals surface area (Å²) < 4.78 is 1.95. The number of rotatable bonds is 3. The Balaban J connectivity index is 2.35. The van der Waals surface area contributed by atoms with Crippen LogP contribution in [0.2, 0.25) is 0 Å². The molecule has 4 heteroatoms. The van der Waals surface area contributed by atoms with Crippen LogP contribution in [-0.4, -0.2) is 15.3 Å². The van der Waals surface area contributed by atoms with Gasteiger partial charge in [-0.2, -0.15) is 0 Å². The van der Waals surface area contributed by atoms with E-state index in [-0.39, 0.29) is 11.8 Å². The lowest BCUT2D eigenvalue weighted by atomic mass is 10.0. The summed E-state index contributed by atoms with van der Waals surface area (Å²) in [7, 11) is 1.95. The highest BCUT2D eigenvalue weighted by atomic mass is 16.1. The van der Waals surface area contributed by atoms with Crippen molar-refractivity contribution in [3.63, 3.8) is 0 Å². The first kappa shape index (κ1) is 10.8. The first-order valence-corrected chi connectivity index (χ1v) is 5.24. The van der Waals surface area contributed by atoms with Gasteiger partial charge in [-0.15, -0.1) is 0 Å². The highest BCUT2D eigenvalue weighted by Gasteiger charge is 2.10. The molecule has 0 radical (unpaired) electrons. The topological polar surface area (TPSA) is 60.9 Å². The monoisotopic (exact) mass is 217 g/mol. The third-order valence-corrected chi connectivity index (χ3v) is 2.69. The molecule has 84 valence electrons. The molecule has 1 unspecified atom stereocenters. The standard InChI is InChI=1S/C12H15N3O/c1-8(16)5-10(13)9-3-4-12-11(6-9)14-7-15(12)2/h3-4,6-7,10H,5,13H2,1-2H3. The number of ketones is 1. The molecule has 0 aliphatic carbocycles. The maximum Gasteiger partial charge on any atom is 0.131 e. The zero-order chi connectivity index (χ0) is 11.7. The number of fused-ring (bicyclic) bond motifs is 1. The largest absolute Gasteiger partial charge is 0.334 e. The van der Waals surface area contributed by atoms with Crippen molar-refractivity contribution < 1.29 is 4.79 Å². The Morgan fingerprint density at radius 1 is 1.56 bits per heavy atom. The number of aromatic nitrogens is 2. The van der Waals surface area contributed by atoms with Crippen LogP contribution >= 0.6 is 0 Å². The zero-order valence-corrected chi connectivity index (χ0v) is 9.47. The average molecular weight is 217 g/mol. The van der Waals surface area contributed by atoms with Crippen molar-refractivity contribution in [2.75, 3.05) is 0 Å². The van der Waals surface area contributed by atoms with Crippen molar-refractivity contribution >= 4 is 16.8 Å². The first-order valence-electron chi connectivity index (χ1n) is 5.24. The lowest BCUT2D eigenvalue weighted by molar-refractivity contribution is -0.117. The van der Waals surface area contributed by atoms with Gasteiger partial charge in [-0.25, -0.2) is 4.98 Å². The number of imidazole rings is 1. The molecule has 0 aliphatic rings. The van der Waals surface area contributed by atoms with Gasteiger partial charge in [-0.05, 0) is 24.6 Å². The maximum absolute atomic E-state index is 11.0. The summed E-state index contributed by atoms with van der Waals surface area (Å²) in [5.41, 5.74) is 8.88. The van der Waals surface area contributed by atoms with Crippen LogP contribution in [0.4, 0.5) is 0 Å². The van der Waals surface area contributed by atoms with E-state index in [0.29, 0.717) is 6.42 Å². The number of aryl methyl sites for hydroxylation is 1. The Kier molecular flexibility index (Phi) is 2.75. The first-order chi connectivity index (χ1) is 7.58. The molecule has 0 saturated heterocycles. The summed E-state index contributed by atoms with van der Waals surface area (Å²) in [4.78, 5) is 15.3. The van der Waals surface area contributed by atoms with Gasteiger partial charge in [-0.3, -0.25) is 4.79 Å². The molecule has 1 atom stereocenters. The van der Waals surface area contributed by atoms with Crippen molar-refractivity contribution in [3.05, 3.63) is 30.1 Å². The van der Waals surface area contributed by atoms with Gasteiger partial charge in [-0.1, -0.05) is 6.07 Å². The molecule has 0 bridgehead atoms. The summed E-state index contributed by atoms with van der Waals surface area (Å²) in [5, 5.41) is 0. The fourth-order valence-electron chi connectivity index (χ4n) is 1.81. The Morgan fingerprint density at radius 2 is 2.31 bits per heavy atom. The molecule has 1 aromatic heterocycles. The number of nitrogens with two attached hydrogens (primary N) is 1. The van der Waals surface area contributed by atoms with Crippen LogP contribution in [0.25, 0.3) is 11.0 Å². The molecule has 2 N–H and O–H groups in total. The van der Waals surface area contributed by atoms with Crippen molar-refractivity contribution in [1.29, 1.82) is 0 Å². The van der Waals surface area contributed by atoms with Crippen molar-refractivity contribution in [2.24, 2.45) is 12.8 Å². The minimum absolute atomic E-state index is 0.105. The van der Waals surface area contributed by atoms with E-state index in [1.165, 1.54) is 0 Å². The average Bonchev–Trinajstić information content (AvgIpc) is 2.59. The molecule has 4 nitrogen and oxygen atoms in total. The highest BCUT2D eigenvalue weighted by Crippen LogP contribution is 2.19. The highest BCUT2D eigenvalue weighted by molar-refractivity contribution is 5.78. The number of carbonyl (C=O) groups excluding carboxylic acids is 1. The van der Waals surface area contributed by atoms with Crippen molar-refractivity contribution in [2.45, 2.75) is 19.4 Å². The number of nitrogens with zero attached hydrogens (tertiary/aromatic N) is 2. The van der Waals surface area contributed by atoms with E-state index >= 15 is 0 Å². The fraction of sp³-hybridized carbons (Fsp3) is 0.333. The molecule has 1 aromatic carbocycles. The third kappa shape index (κ3) is 1.97. The molecule has 0 aliphatic heterocycles. The van der Waals surface area contributed by atoms with E-state index in [9.17, 15) is 4.79 Å². The minimum atomic E-state index is -0.232. The van der Waals surface area contributed by atoms with Gasteiger partial charge in [0.1, 0.15) is 5.78 Å². The zero-order valence-electron chi connectivity index (χ0n) is 9.47. The summed E-state index contributed by atoms with van der Waals surface area (Å²) >= 11 is 0. The molecule has 1 heterocycles. The van der Waals surface area contributed by atoms with Gasteiger partial charge in [0.05, 0.1) is 17.4 Å². The second-order valence-corrected chi connectivity index (χ2v) is 4.12. The second kappa shape index (κ2) is 4.06. The predicted octanol–water partition coefficient (Wildman–Crippen LogP) is 1.55. The number of hydrogen-bond acceptors (Lipinski definition) is 3. The molecule has 0 amide bonds. The van der Waals surface area contributed by atoms with Crippen molar-refractivity contribution in [1.82, 2.24) is 9.55 Å². The number of benzene rings is 1. The number of hydrogen-bond donors (Lipinski definition) is 1. The summed E-state index contributed by atoms with van der Waals surface area (Å²) in [6, 6.07) is 5.65. The number of carbonyl (C=O) groups is 1. The SMILES string of the molecule is CC(=O)CC(N)c1ccc2c(c1)ncn2C. The quantitative estimate of drug-likeness (QED) is 0.848. The molecule has 0 spiro atoms. The Labute approximate surface area is 94.1 Å². The fourth-order valence-corrected chi connectivity index (χ4v) is 1.81. The summed E-state index contributed by atoms with van der Waals surface area (Å²) in [6.07, 6.45) is 2.14. The molecule has 0 saturated carbocycles. The normalized spacial score (nSPS) is 12.9. The second-order valence-electron chi connectivity index (χ2n) is 4.12. The van der Waals surface area contributed by atoms with Gasteiger partial charge < -0.3 is 10.3 Å². The van der Waals surface area contributed by atoms with Crippen LogP contribution in [0.3, 0.4) is 0 Å². The molecule has 16 heavy (non-hydrogen) atoms. The van der Waals surface area contributed by atoms with Gasteiger partial charge in [0, 0.05) is 19.5 Å². The van der Waals surface area contributed by atoms with E-state index in [4.69, 9.17) is 5.73 Å². The molecular formula is C12H15N3O.